The fraction of sp³-hybridized carbons (Fsp3) is 0.267. The van der Waals surface area contributed by atoms with Crippen LogP contribution in [0.1, 0.15) is 29.2 Å². The number of aromatic hydroxyl groups is 2. The number of nitrogens with zero attached hydrogens (tertiary/aromatic N) is 1. The van der Waals surface area contributed by atoms with Gasteiger partial charge in [-0.05, 0) is 54.7 Å². The second-order valence-corrected chi connectivity index (χ2v) is 4.94. The molecular formula is C15H15NO3. The van der Waals surface area contributed by atoms with Gasteiger partial charge < -0.3 is 15.3 Å². The van der Waals surface area contributed by atoms with Crippen molar-refractivity contribution in [3.8, 4) is 22.8 Å². The minimum atomic E-state index is -0.462. The van der Waals surface area contributed by atoms with E-state index < -0.39 is 6.10 Å². The van der Waals surface area contributed by atoms with Crippen LogP contribution in [-0.2, 0) is 6.42 Å². The Morgan fingerprint density at radius 2 is 2.05 bits per heavy atom. The number of phenolic OH excluding ortho intramolecular Hbond substituents is 2. The van der Waals surface area contributed by atoms with Crippen molar-refractivity contribution in [3.63, 3.8) is 0 Å². The Morgan fingerprint density at radius 1 is 1.26 bits per heavy atom. The Morgan fingerprint density at radius 3 is 2.84 bits per heavy atom. The number of fused-ring (bicyclic) bond motifs is 1. The number of aliphatic hydroxyl groups excluding tert-OH is 1. The van der Waals surface area contributed by atoms with Crippen LogP contribution in [0.15, 0.2) is 24.4 Å². The molecule has 19 heavy (non-hydrogen) atoms. The molecule has 0 unspecified atom stereocenters. The summed E-state index contributed by atoms with van der Waals surface area (Å²) in [7, 11) is 0. The topological polar surface area (TPSA) is 73.6 Å². The zero-order chi connectivity index (χ0) is 13.6. The second-order valence-electron chi connectivity index (χ2n) is 4.94. The van der Waals surface area contributed by atoms with Crippen molar-refractivity contribution in [1.82, 2.24) is 4.98 Å². The van der Waals surface area contributed by atoms with Crippen LogP contribution in [0.25, 0.3) is 11.3 Å². The van der Waals surface area contributed by atoms with E-state index in [0.717, 1.165) is 23.1 Å². The Hall–Kier alpha value is -2.07. The summed E-state index contributed by atoms with van der Waals surface area (Å²) in [4.78, 5) is 4.37. The molecule has 0 saturated carbocycles. The third-order valence-electron chi connectivity index (χ3n) is 3.66. The van der Waals surface area contributed by atoms with E-state index in [1.54, 1.807) is 6.20 Å². The molecule has 1 aliphatic carbocycles. The molecule has 4 heteroatoms. The van der Waals surface area contributed by atoms with Crippen LogP contribution in [0.2, 0.25) is 0 Å². The van der Waals surface area contributed by atoms with Crippen molar-refractivity contribution in [2.24, 2.45) is 0 Å². The van der Waals surface area contributed by atoms with Gasteiger partial charge in [-0.2, -0.15) is 0 Å². The Balaban J connectivity index is 2.25. The fourth-order valence-corrected chi connectivity index (χ4v) is 2.76. The van der Waals surface area contributed by atoms with Crippen molar-refractivity contribution in [1.29, 1.82) is 0 Å². The van der Waals surface area contributed by atoms with Crippen LogP contribution >= 0.6 is 0 Å². The van der Waals surface area contributed by atoms with Gasteiger partial charge in [-0.1, -0.05) is 0 Å². The van der Waals surface area contributed by atoms with Gasteiger partial charge in [-0.15, -0.1) is 0 Å². The summed E-state index contributed by atoms with van der Waals surface area (Å²) in [6.45, 7) is 1.92. The number of benzene rings is 1. The summed E-state index contributed by atoms with van der Waals surface area (Å²) >= 11 is 0. The number of hydrogen-bond donors (Lipinski definition) is 3. The number of aryl methyl sites for hydroxylation is 1. The smallest absolute Gasteiger partial charge is 0.125 e. The highest BCUT2D eigenvalue weighted by Crippen LogP contribution is 2.41. The molecule has 1 aromatic heterocycles. The molecule has 4 nitrogen and oxygen atoms in total. The average molecular weight is 257 g/mol. The zero-order valence-corrected chi connectivity index (χ0v) is 10.6. The van der Waals surface area contributed by atoms with Gasteiger partial charge in [-0.25, -0.2) is 0 Å². The minimum Gasteiger partial charge on any atom is -0.508 e. The molecule has 2 aromatic rings. The number of phenols is 2. The highest BCUT2D eigenvalue weighted by molar-refractivity contribution is 5.73. The summed E-state index contributed by atoms with van der Waals surface area (Å²) in [5.74, 6) is 0.167. The summed E-state index contributed by atoms with van der Waals surface area (Å²) in [6, 6.07) is 4.38. The number of hydrogen-bond acceptors (Lipinski definition) is 4. The lowest BCUT2D eigenvalue weighted by Crippen LogP contribution is -1.98. The van der Waals surface area contributed by atoms with Crippen molar-refractivity contribution >= 4 is 0 Å². The minimum absolute atomic E-state index is 0.0812. The Labute approximate surface area is 111 Å². The number of pyridine rings is 1. The maximum atomic E-state index is 10.0. The molecule has 0 radical (unpaired) electrons. The van der Waals surface area contributed by atoms with Gasteiger partial charge >= 0.3 is 0 Å². The predicted octanol–water partition coefficient (Wildman–Crippen LogP) is 2.45. The van der Waals surface area contributed by atoms with Gasteiger partial charge in [0.15, 0.2) is 0 Å². The van der Waals surface area contributed by atoms with Crippen molar-refractivity contribution in [2.45, 2.75) is 25.9 Å². The summed E-state index contributed by atoms with van der Waals surface area (Å²) in [5, 5.41) is 29.5. The maximum Gasteiger partial charge on any atom is 0.125 e. The highest BCUT2D eigenvalue weighted by atomic mass is 16.3. The van der Waals surface area contributed by atoms with Crippen LogP contribution in [0.4, 0.5) is 0 Å². The predicted molar refractivity (Wildman–Crippen MR) is 71.0 cm³/mol. The molecule has 1 aromatic carbocycles. The van der Waals surface area contributed by atoms with Gasteiger partial charge in [0.2, 0.25) is 0 Å². The SMILES string of the molecule is Cc1cnc(-c2cc(O)ccc2O)c2c1[C@@H](O)CC2. The van der Waals surface area contributed by atoms with Crippen molar-refractivity contribution in [2.75, 3.05) is 0 Å². The van der Waals surface area contributed by atoms with E-state index in [4.69, 9.17) is 0 Å². The van der Waals surface area contributed by atoms with Crippen molar-refractivity contribution in [3.05, 3.63) is 41.1 Å². The first-order chi connectivity index (χ1) is 9.08. The van der Waals surface area contributed by atoms with Crippen molar-refractivity contribution < 1.29 is 15.3 Å². The summed E-state index contributed by atoms with van der Waals surface area (Å²) < 4.78 is 0. The van der Waals surface area contributed by atoms with E-state index in [0.29, 0.717) is 17.7 Å². The first-order valence-electron chi connectivity index (χ1n) is 6.26. The van der Waals surface area contributed by atoms with E-state index in [9.17, 15) is 15.3 Å². The molecule has 0 amide bonds. The maximum absolute atomic E-state index is 10.0. The zero-order valence-electron chi connectivity index (χ0n) is 10.6. The number of aromatic nitrogens is 1. The largest absolute Gasteiger partial charge is 0.508 e. The molecule has 1 atom stereocenters. The normalized spacial score (nSPS) is 17.5. The standard InChI is InChI=1S/C15H15NO3/c1-8-7-16-15(10-3-5-13(19)14(8)10)11-6-9(17)2-4-12(11)18/h2,4,6-7,13,17-19H,3,5H2,1H3/t13-/m0/s1. The molecule has 3 rings (SSSR count). The van der Waals surface area contributed by atoms with Crippen LogP contribution in [0.5, 0.6) is 11.5 Å². The van der Waals surface area contributed by atoms with E-state index in [1.807, 2.05) is 6.92 Å². The third-order valence-corrected chi connectivity index (χ3v) is 3.66. The van der Waals surface area contributed by atoms with Crippen LogP contribution in [0.3, 0.4) is 0 Å². The van der Waals surface area contributed by atoms with E-state index in [1.165, 1.54) is 18.2 Å². The monoisotopic (exact) mass is 257 g/mol. The van der Waals surface area contributed by atoms with Crippen LogP contribution < -0.4 is 0 Å². The van der Waals surface area contributed by atoms with Gasteiger partial charge in [0, 0.05) is 11.8 Å². The number of rotatable bonds is 1. The number of aliphatic hydroxyl groups is 1. The highest BCUT2D eigenvalue weighted by Gasteiger charge is 2.27. The van der Waals surface area contributed by atoms with E-state index in [2.05, 4.69) is 4.98 Å². The first-order valence-corrected chi connectivity index (χ1v) is 6.26. The lowest BCUT2D eigenvalue weighted by Gasteiger charge is -2.13. The molecule has 3 N–H and O–H groups in total. The van der Waals surface area contributed by atoms with Gasteiger partial charge in [-0.3, -0.25) is 4.98 Å². The Bertz CT molecular complexity index is 652. The molecule has 0 saturated heterocycles. The Kier molecular flexibility index (Phi) is 2.68. The molecule has 0 aliphatic heterocycles. The average Bonchev–Trinajstić information content (AvgIpc) is 2.77. The lowest BCUT2D eigenvalue weighted by molar-refractivity contribution is 0.179. The molecule has 0 fully saturated rings. The van der Waals surface area contributed by atoms with E-state index in [-0.39, 0.29) is 11.5 Å². The lowest BCUT2D eigenvalue weighted by atomic mass is 9.99. The molecular weight excluding hydrogens is 242 g/mol. The van der Waals surface area contributed by atoms with Crippen LogP contribution in [0, 0.1) is 6.92 Å². The van der Waals surface area contributed by atoms with Crippen LogP contribution in [-0.4, -0.2) is 20.3 Å². The third kappa shape index (κ3) is 1.85. The van der Waals surface area contributed by atoms with Gasteiger partial charge in [0.05, 0.1) is 11.8 Å². The molecule has 0 bridgehead atoms. The first kappa shape index (κ1) is 12.0. The second kappa shape index (κ2) is 4.24. The molecule has 1 aliphatic rings. The molecule has 98 valence electrons. The molecule has 0 spiro atoms. The fourth-order valence-electron chi connectivity index (χ4n) is 2.76. The summed E-state index contributed by atoms with van der Waals surface area (Å²) in [6.07, 6.45) is 2.65. The quantitative estimate of drug-likeness (QED) is 0.686. The van der Waals surface area contributed by atoms with Gasteiger partial charge in [0.1, 0.15) is 11.5 Å². The molecule has 1 heterocycles. The van der Waals surface area contributed by atoms with Gasteiger partial charge in [0.25, 0.3) is 0 Å². The summed E-state index contributed by atoms with van der Waals surface area (Å²) in [5.41, 5.74) is 3.99. The van der Waals surface area contributed by atoms with E-state index >= 15 is 0 Å².